The first-order valence-corrected chi connectivity index (χ1v) is 10.9. The average molecular weight is 445 g/mol. The van der Waals surface area contributed by atoms with Gasteiger partial charge in [-0.1, -0.05) is 28.1 Å². The second kappa shape index (κ2) is 8.07. The molecular formula is C21H21BrN2O2S. The number of likely N-dealkylation sites (tertiary alicyclic amines) is 1. The molecule has 1 aliphatic rings. The molecule has 0 saturated carbocycles. The minimum Gasteiger partial charge on any atom is -0.440 e. The summed E-state index contributed by atoms with van der Waals surface area (Å²) in [6.07, 6.45) is 1.99. The fourth-order valence-electron chi connectivity index (χ4n) is 3.48. The highest BCUT2D eigenvalue weighted by Crippen LogP contribution is 2.30. The molecule has 4 nitrogen and oxygen atoms in total. The van der Waals surface area contributed by atoms with Crippen LogP contribution >= 0.6 is 27.7 Å². The number of oxazole rings is 1. The molecule has 0 bridgehead atoms. The van der Waals surface area contributed by atoms with Crippen LogP contribution in [0.2, 0.25) is 0 Å². The Bertz CT molecular complexity index is 939. The number of thioether (sulfide) groups is 1. The number of rotatable bonds is 4. The van der Waals surface area contributed by atoms with Crippen LogP contribution in [0, 0.1) is 6.92 Å². The number of piperidine rings is 1. The first kappa shape index (κ1) is 18.6. The van der Waals surface area contributed by atoms with E-state index in [9.17, 15) is 4.79 Å². The second-order valence-corrected chi connectivity index (χ2v) is 8.83. The number of hydrogen-bond donors (Lipinski definition) is 0. The molecule has 0 radical (unpaired) electrons. The molecule has 0 N–H and O–H groups in total. The van der Waals surface area contributed by atoms with Gasteiger partial charge in [-0.25, -0.2) is 4.98 Å². The predicted molar refractivity (Wildman–Crippen MR) is 112 cm³/mol. The Morgan fingerprint density at radius 1 is 1.33 bits per heavy atom. The van der Waals surface area contributed by atoms with Crippen LogP contribution in [-0.4, -0.2) is 34.6 Å². The van der Waals surface area contributed by atoms with Crippen LogP contribution in [0.3, 0.4) is 0 Å². The Kier molecular flexibility index (Phi) is 5.55. The topological polar surface area (TPSA) is 46.3 Å². The van der Waals surface area contributed by atoms with Crippen LogP contribution in [-0.2, 0) is 4.79 Å². The van der Waals surface area contributed by atoms with E-state index in [2.05, 4.69) is 40.0 Å². The molecule has 1 aromatic heterocycles. The largest absolute Gasteiger partial charge is 0.440 e. The number of halogens is 1. The zero-order chi connectivity index (χ0) is 18.8. The van der Waals surface area contributed by atoms with Crippen molar-refractivity contribution in [2.75, 3.05) is 18.8 Å². The van der Waals surface area contributed by atoms with Gasteiger partial charge in [0.2, 0.25) is 5.91 Å². The summed E-state index contributed by atoms with van der Waals surface area (Å²) in [7, 11) is 0. The van der Waals surface area contributed by atoms with E-state index in [0.717, 1.165) is 45.7 Å². The fraction of sp³-hybridized carbons (Fsp3) is 0.333. The van der Waals surface area contributed by atoms with E-state index in [-0.39, 0.29) is 11.8 Å². The van der Waals surface area contributed by atoms with Crippen LogP contribution in [0.25, 0.3) is 11.1 Å². The number of carbonyl (C=O) groups is 1. The zero-order valence-electron chi connectivity index (χ0n) is 15.2. The minimum absolute atomic E-state index is 0.175. The zero-order valence-corrected chi connectivity index (χ0v) is 17.6. The summed E-state index contributed by atoms with van der Waals surface area (Å²) in [5.41, 5.74) is 2.89. The van der Waals surface area contributed by atoms with Crippen molar-refractivity contribution < 1.29 is 9.21 Å². The summed E-state index contributed by atoms with van der Waals surface area (Å²) in [6, 6.07) is 14.0. The van der Waals surface area contributed by atoms with Crippen molar-refractivity contribution in [3.63, 3.8) is 0 Å². The molecule has 2 heterocycles. The maximum atomic E-state index is 12.7. The lowest BCUT2D eigenvalue weighted by atomic mass is 9.98. The van der Waals surface area contributed by atoms with E-state index in [1.165, 1.54) is 5.56 Å². The minimum atomic E-state index is 0.175. The number of hydrogen-bond acceptors (Lipinski definition) is 4. The van der Waals surface area contributed by atoms with Crippen LogP contribution in [0.15, 0.2) is 56.2 Å². The fourth-order valence-corrected chi connectivity index (χ4v) is 4.86. The molecule has 4 rings (SSSR count). The molecule has 1 atom stereocenters. The number of benzene rings is 2. The molecule has 1 unspecified atom stereocenters. The summed E-state index contributed by atoms with van der Waals surface area (Å²) >= 11 is 5.09. The molecule has 3 aromatic rings. The van der Waals surface area contributed by atoms with Crippen molar-refractivity contribution in [3.05, 3.63) is 58.4 Å². The van der Waals surface area contributed by atoms with Crippen molar-refractivity contribution in [1.82, 2.24) is 9.88 Å². The molecule has 6 heteroatoms. The number of nitrogens with zero attached hydrogens (tertiary/aromatic N) is 2. The van der Waals surface area contributed by atoms with E-state index in [0.29, 0.717) is 12.3 Å². The van der Waals surface area contributed by atoms with Crippen LogP contribution < -0.4 is 0 Å². The van der Waals surface area contributed by atoms with Crippen molar-refractivity contribution >= 4 is 44.7 Å². The van der Waals surface area contributed by atoms with Gasteiger partial charge in [-0.3, -0.25) is 4.79 Å². The van der Waals surface area contributed by atoms with Gasteiger partial charge in [0, 0.05) is 22.5 Å². The van der Waals surface area contributed by atoms with Crippen LogP contribution in [0.5, 0.6) is 0 Å². The third kappa shape index (κ3) is 4.22. The van der Waals surface area contributed by atoms with E-state index < -0.39 is 0 Å². The SMILES string of the molecule is Cc1cc(Br)ccc1SCC(=O)N1CCCC(c2nc3ccccc3o2)C1. The highest BCUT2D eigenvalue weighted by atomic mass is 79.9. The summed E-state index contributed by atoms with van der Waals surface area (Å²) in [6.45, 7) is 3.57. The van der Waals surface area contributed by atoms with Crippen LogP contribution in [0.4, 0.5) is 0 Å². The molecule has 1 aliphatic heterocycles. The molecule has 140 valence electrons. The third-order valence-corrected chi connectivity index (χ3v) is 6.58. The number of amides is 1. The van der Waals surface area contributed by atoms with Gasteiger partial charge < -0.3 is 9.32 Å². The first-order valence-electron chi connectivity index (χ1n) is 9.12. The normalized spacial score (nSPS) is 17.4. The van der Waals surface area contributed by atoms with Gasteiger partial charge in [0.05, 0.1) is 11.7 Å². The van der Waals surface area contributed by atoms with Crippen molar-refractivity contribution in [2.24, 2.45) is 0 Å². The first-order chi connectivity index (χ1) is 13.1. The van der Waals surface area contributed by atoms with Gasteiger partial charge in [-0.2, -0.15) is 0 Å². The Balaban J connectivity index is 1.40. The van der Waals surface area contributed by atoms with Gasteiger partial charge in [0.15, 0.2) is 11.5 Å². The lowest BCUT2D eigenvalue weighted by molar-refractivity contribution is -0.129. The summed E-state index contributed by atoms with van der Waals surface area (Å²) < 4.78 is 7.00. The smallest absolute Gasteiger partial charge is 0.232 e. The van der Waals surface area contributed by atoms with Crippen molar-refractivity contribution in [2.45, 2.75) is 30.6 Å². The van der Waals surface area contributed by atoms with Gasteiger partial charge in [0.1, 0.15) is 5.52 Å². The molecule has 1 fully saturated rings. The summed E-state index contributed by atoms with van der Waals surface area (Å²) in [5, 5.41) is 0. The molecule has 0 aliphatic carbocycles. The van der Waals surface area contributed by atoms with Crippen LogP contribution in [0.1, 0.15) is 30.2 Å². The molecule has 2 aromatic carbocycles. The maximum Gasteiger partial charge on any atom is 0.232 e. The monoisotopic (exact) mass is 444 g/mol. The predicted octanol–water partition coefficient (Wildman–Crippen LogP) is 5.40. The summed E-state index contributed by atoms with van der Waals surface area (Å²) in [5.74, 6) is 1.57. The van der Waals surface area contributed by atoms with E-state index in [1.807, 2.05) is 35.2 Å². The Morgan fingerprint density at radius 3 is 3.00 bits per heavy atom. The highest BCUT2D eigenvalue weighted by molar-refractivity contribution is 9.10. The Morgan fingerprint density at radius 2 is 2.19 bits per heavy atom. The highest BCUT2D eigenvalue weighted by Gasteiger charge is 2.28. The van der Waals surface area contributed by atoms with Crippen molar-refractivity contribution in [3.8, 4) is 0 Å². The average Bonchev–Trinajstić information content (AvgIpc) is 3.11. The van der Waals surface area contributed by atoms with Gasteiger partial charge in [-0.15, -0.1) is 11.8 Å². The third-order valence-electron chi connectivity index (χ3n) is 4.92. The van der Waals surface area contributed by atoms with E-state index in [1.54, 1.807) is 11.8 Å². The standard InChI is InChI=1S/C21H21BrN2O2S/c1-14-11-16(22)8-9-19(14)27-13-20(25)24-10-4-5-15(12-24)21-23-17-6-2-3-7-18(17)26-21/h2-3,6-9,11,15H,4-5,10,12-13H2,1H3. The molecule has 1 amide bonds. The molecule has 0 spiro atoms. The van der Waals surface area contributed by atoms with E-state index >= 15 is 0 Å². The second-order valence-electron chi connectivity index (χ2n) is 6.90. The molecular weight excluding hydrogens is 424 g/mol. The Hall–Kier alpha value is -1.79. The number of aryl methyl sites for hydroxylation is 1. The lowest BCUT2D eigenvalue weighted by Crippen LogP contribution is -2.40. The lowest BCUT2D eigenvalue weighted by Gasteiger charge is -2.31. The molecule has 1 saturated heterocycles. The quantitative estimate of drug-likeness (QED) is 0.505. The van der Waals surface area contributed by atoms with Gasteiger partial charge in [0.25, 0.3) is 0 Å². The number of fused-ring (bicyclic) bond motifs is 1. The van der Waals surface area contributed by atoms with Gasteiger partial charge >= 0.3 is 0 Å². The number of para-hydroxylation sites is 2. The maximum absolute atomic E-state index is 12.7. The van der Waals surface area contributed by atoms with Gasteiger partial charge in [-0.05, 0) is 55.7 Å². The Labute approximate surface area is 171 Å². The summed E-state index contributed by atoms with van der Waals surface area (Å²) in [4.78, 5) is 20.5. The molecule has 27 heavy (non-hydrogen) atoms. The van der Waals surface area contributed by atoms with Crippen molar-refractivity contribution in [1.29, 1.82) is 0 Å². The number of carbonyl (C=O) groups excluding carboxylic acids is 1. The van der Waals surface area contributed by atoms with E-state index in [4.69, 9.17) is 4.42 Å². The number of aromatic nitrogens is 1.